The van der Waals surface area contributed by atoms with Gasteiger partial charge in [-0.15, -0.1) is 0 Å². The fourth-order valence-electron chi connectivity index (χ4n) is 4.28. The Morgan fingerprint density at radius 1 is 1.12 bits per heavy atom. The lowest BCUT2D eigenvalue weighted by Crippen LogP contribution is -2.50. The zero-order chi connectivity index (χ0) is 16.9. The highest BCUT2D eigenvalue weighted by Crippen LogP contribution is 2.34. The van der Waals surface area contributed by atoms with Crippen LogP contribution in [-0.2, 0) is 11.3 Å². The number of benzene rings is 1. The van der Waals surface area contributed by atoms with Crippen LogP contribution in [0, 0.1) is 5.92 Å². The summed E-state index contributed by atoms with van der Waals surface area (Å²) in [6.45, 7) is 2.28. The smallest absolute Gasteiger partial charge is 0.234 e. The lowest BCUT2D eigenvalue weighted by molar-refractivity contribution is -0.124. The number of piperidine rings is 1. The molecule has 2 aliphatic rings. The number of rotatable bonds is 5. The first-order valence-electron chi connectivity index (χ1n) is 9.40. The second-order valence-corrected chi connectivity index (χ2v) is 7.56. The van der Waals surface area contributed by atoms with E-state index in [1.54, 1.807) is 0 Å². The van der Waals surface area contributed by atoms with Crippen molar-refractivity contribution in [3.8, 4) is 0 Å². The van der Waals surface area contributed by atoms with Crippen molar-refractivity contribution in [2.45, 2.75) is 51.1 Å². The first-order chi connectivity index (χ1) is 11.6. The summed E-state index contributed by atoms with van der Waals surface area (Å²) >= 11 is 0. The minimum atomic E-state index is 0.165. The van der Waals surface area contributed by atoms with E-state index in [-0.39, 0.29) is 5.91 Å². The van der Waals surface area contributed by atoms with Gasteiger partial charge in [-0.2, -0.15) is 0 Å². The highest BCUT2D eigenvalue weighted by Gasteiger charge is 2.33. The third kappa shape index (κ3) is 4.29. The summed E-state index contributed by atoms with van der Waals surface area (Å²) in [5.74, 6) is 0.997. The van der Waals surface area contributed by atoms with E-state index in [0.29, 0.717) is 19.1 Å². The summed E-state index contributed by atoms with van der Waals surface area (Å²) in [6, 6.07) is 9.02. The fourth-order valence-corrected chi connectivity index (χ4v) is 4.28. The van der Waals surface area contributed by atoms with Gasteiger partial charge in [0.2, 0.25) is 5.91 Å². The maximum Gasteiger partial charge on any atom is 0.234 e. The van der Waals surface area contributed by atoms with E-state index < -0.39 is 0 Å². The first-order valence-corrected chi connectivity index (χ1v) is 9.40. The zero-order valence-corrected chi connectivity index (χ0v) is 15.1. The molecule has 1 saturated heterocycles. The Morgan fingerprint density at radius 2 is 1.83 bits per heavy atom. The lowest BCUT2D eigenvalue weighted by atomic mass is 9.78. The molecule has 2 atom stereocenters. The normalized spacial score (nSPS) is 24.2. The third-order valence-corrected chi connectivity index (χ3v) is 5.65. The number of amides is 1. The Hall–Kier alpha value is -1.55. The molecule has 0 spiro atoms. The number of hydrogen-bond donors (Lipinski definition) is 1. The zero-order valence-electron chi connectivity index (χ0n) is 15.1. The highest BCUT2D eigenvalue weighted by molar-refractivity contribution is 5.78. The van der Waals surface area contributed by atoms with Gasteiger partial charge in [0, 0.05) is 32.4 Å². The van der Waals surface area contributed by atoms with Crippen LogP contribution >= 0.6 is 0 Å². The second kappa shape index (κ2) is 8.02. The molecule has 1 saturated carbocycles. The first kappa shape index (κ1) is 17.3. The average molecular weight is 329 g/mol. The van der Waals surface area contributed by atoms with Crippen LogP contribution in [0.25, 0.3) is 0 Å². The van der Waals surface area contributed by atoms with Crippen LogP contribution in [0.1, 0.15) is 44.1 Å². The summed E-state index contributed by atoms with van der Waals surface area (Å²) in [7, 11) is 4.07. The number of hydrogen-bond acceptors (Lipinski definition) is 3. The van der Waals surface area contributed by atoms with E-state index >= 15 is 0 Å². The predicted molar refractivity (Wildman–Crippen MR) is 99.2 cm³/mol. The minimum Gasteiger partial charge on any atom is -0.378 e. The molecule has 0 aromatic heterocycles. The maximum absolute atomic E-state index is 12.4. The molecule has 132 valence electrons. The lowest BCUT2D eigenvalue weighted by Gasteiger charge is -2.43. The molecular formula is C20H31N3O. The van der Waals surface area contributed by atoms with Crippen LogP contribution in [0.4, 0.5) is 5.69 Å². The SMILES string of the molecule is CN(C)c1ccc(CNC(=O)CN2CCC[C@@H]3CCCC[C@@H]32)cc1. The molecule has 1 aliphatic heterocycles. The molecule has 3 rings (SSSR count). The van der Waals surface area contributed by atoms with Crippen molar-refractivity contribution in [2.24, 2.45) is 5.92 Å². The van der Waals surface area contributed by atoms with E-state index in [1.807, 2.05) is 14.1 Å². The van der Waals surface area contributed by atoms with Crippen LogP contribution in [0.15, 0.2) is 24.3 Å². The van der Waals surface area contributed by atoms with E-state index in [9.17, 15) is 4.79 Å². The predicted octanol–water partition coefficient (Wildman–Crippen LogP) is 3.02. The Morgan fingerprint density at radius 3 is 2.58 bits per heavy atom. The van der Waals surface area contributed by atoms with Gasteiger partial charge in [0.1, 0.15) is 0 Å². The topological polar surface area (TPSA) is 35.6 Å². The number of likely N-dealkylation sites (tertiary alicyclic amines) is 1. The van der Waals surface area contributed by atoms with Crippen LogP contribution in [0.3, 0.4) is 0 Å². The summed E-state index contributed by atoms with van der Waals surface area (Å²) < 4.78 is 0. The van der Waals surface area contributed by atoms with Crippen molar-refractivity contribution in [3.63, 3.8) is 0 Å². The number of anilines is 1. The largest absolute Gasteiger partial charge is 0.378 e. The van der Waals surface area contributed by atoms with Crippen molar-refractivity contribution in [1.82, 2.24) is 10.2 Å². The van der Waals surface area contributed by atoms with Crippen molar-refractivity contribution >= 4 is 11.6 Å². The van der Waals surface area contributed by atoms with Gasteiger partial charge >= 0.3 is 0 Å². The molecule has 0 radical (unpaired) electrons. The molecule has 24 heavy (non-hydrogen) atoms. The van der Waals surface area contributed by atoms with Gasteiger partial charge in [-0.25, -0.2) is 0 Å². The van der Waals surface area contributed by atoms with Gasteiger partial charge < -0.3 is 10.2 Å². The van der Waals surface area contributed by atoms with Crippen LogP contribution < -0.4 is 10.2 Å². The molecule has 1 N–H and O–H groups in total. The van der Waals surface area contributed by atoms with E-state index in [4.69, 9.17) is 0 Å². The van der Waals surface area contributed by atoms with Crippen LogP contribution in [0.5, 0.6) is 0 Å². The molecule has 1 heterocycles. The summed E-state index contributed by atoms with van der Waals surface area (Å²) in [6.07, 6.45) is 7.97. The number of carbonyl (C=O) groups is 1. The molecule has 4 nitrogen and oxygen atoms in total. The van der Waals surface area contributed by atoms with Gasteiger partial charge in [0.05, 0.1) is 6.54 Å². The van der Waals surface area contributed by atoms with E-state index in [1.165, 1.54) is 44.2 Å². The summed E-state index contributed by atoms with van der Waals surface area (Å²) in [5.41, 5.74) is 2.34. The Kier molecular flexibility index (Phi) is 5.77. The second-order valence-electron chi connectivity index (χ2n) is 7.56. The number of carbonyl (C=O) groups excluding carboxylic acids is 1. The summed E-state index contributed by atoms with van der Waals surface area (Å²) in [4.78, 5) is 16.9. The van der Waals surface area contributed by atoms with Crippen molar-refractivity contribution in [2.75, 3.05) is 32.1 Å². The molecule has 1 amide bonds. The Labute approximate surface area is 146 Å². The summed E-state index contributed by atoms with van der Waals surface area (Å²) in [5, 5.41) is 3.10. The van der Waals surface area contributed by atoms with Crippen molar-refractivity contribution < 1.29 is 4.79 Å². The van der Waals surface area contributed by atoms with Crippen LogP contribution in [-0.4, -0.2) is 44.0 Å². The van der Waals surface area contributed by atoms with Gasteiger partial charge in [0.15, 0.2) is 0 Å². The average Bonchev–Trinajstić information content (AvgIpc) is 2.61. The number of nitrogens with zero attached hydrogens (tertiary/aromatic N) is 2. The standard InChI is InChI=1S/C20H31N3O/c1-22(2)18-11-9-16(10-12-18)14-21-20(24)15-23-13-5-7-17-6-3-4-8-19(17)23/h9-12,17,19H,3-8,13-15H2,1-2H3,(H,21,24)/t17-,19-/m0/s1. The van der Waals surface area contributed by atoms with Crippen LogP contribution in [0.2, 0.25) is 0 Å². The number of nitrogens with one attached hydrogen (secondary N) is 1. The third-order valence-electron chi connectivity index (χ3n) is 5.65. The molecule has 2 fully saturated rings. The molecule has 0 unspecified atom stereocenters. The number of fused-ring (bicyclic) bond motifs is 1. The molecule has 4 heteroatoms. The monoisotopic (exact) mass is 329 g/mol. The fraction of sp³-hybridized carbons (Fsp3) is 0.650. The molecular weight excluding hydrogens is 298 g/mol. The van der Waals surface area contributed by atoms with Crippen molar-refractivity contribution in [3.05, 3.63) is 29.8 Å². The van der Waals surface area contributed by atoms with E-state index in [2.05, 4.69) is 39.4 Å². The Bertz CT molecular complexity index is 538. The molecule has 0 bridgehead atoms. The molecule has 1 aliphatic carbocycles. The van der Waals surface area contributed by atoms with E-state index in [0.717, 1.165) is 18.0 Å². The highest BCUT2D eigenvalue weighted by atomic mass is 16.2. The molecule has 1 aromatic rings. The molecule has 1 aromatic carbocycles. The van der Waals surface area contributed by atoms with Gasteiger partial charge in [0.25, 0.3) is 0 Å². The van der Waals surface area contributed by atoms with Gasteiger partial charge in [-0.3, -0.25) is 9.69 Å². The van der Waals surface area contributed by atoms with Gasteiger partial charge in [-0.1, -0.05) is 25.0 Å². The maximum atomic E-state index is 12.4. The Balaban J connectivity index is 1.48. The van der Waals surface area contributed by atoms with Crippen molar-refractivity contribution in [1.29, 1.82) is 0 Å². The quantitative estimate of drug-likeness (QED) is 0.902. The minimum absolute atomic E-state index is 0.165. The van der Waals surface area contributed by atoms with Gasteiger partial charge in [-0.05, 0) is 55.8 Å².